The van der Waals surface area contributed by atoms with E-state index in [1.807, 2.05) is 59.8 Å². The molecule has 0 fully saturated rings. The van der Waals surface area contributed by atoms with Crippen LogP contribution in [0, 0.1) is 3.57 Å². The molecule has 3 aromatic carbocycles. The lowest BCUT2D eigenvalue weighted by atomic mass is 9.95. The third-order valence-corrected chi connectivity index (χ3v) is 8.18. The van der Waals surface area contributed by atoms with Crippen LogP contribution in [0.5, 0.6) is 17.2 Å². The number of hydrogen-bond acceptors (Lipinski definition) is 7. The first-order valence-corrected chi connectivity index (χ1v) is 14.4. The van der Waals surface area contributed by atoms with Crippen LogP contribution in [0.1, 0.15) is 31.0 Å². The summed E-state index contributed by atoms with van der Waals surface area (Å²) in [6.07, 6.45) is 1.75. The smallest absolute Gasteiger partial charge is 0.271 e. The van der Waals surface area contributed by atoms with E-state index in [1.165, 1.54) is 11.3 Å². The molecule has 0 aliphatic carbocycles. The van der Waals surface area contributed by atoms with E-state index in [0.29, 0.717) is 53.5 Å². The highest BCUT2D eigenvalue weighted by Gasteiger charge is 2.32. The fraction of sp³-hybridized carbons (Fsp3) is 0.167. The molecule has 0 saturated carbocycles. The number of phenolic OH excluding ortho intramolecular Hbond substituents is 1. The van der Waals surface area contributed by atoms with Gasteiger partial charge in [-0.25, -0.2) is 4.99 Å². The van der Waals surface area contributed by atoms with Crippen molar-refractivity contribution in [2.75, 3.05) is 19.0 Å². The summed E-state index contributed by atoms with van der Waals surface area (Å²) in [7, 11) is 1.59. The summed E-state index contributed by atoms with van der Waals surface area (Å²) in [6.45, 7) is 4.01. The van der Waals surface area contributed by atoms with E-state index in [2.05, 4.69) is 5.32 Å². The number of phenols is 1. The Morgan fingerprint density at radius 1 is 1.18 bits per heavy atom. The molecule has 2 N–H and O–H groups in total. The fourth-order valence-corrected chi connectivity index (χ4v) is 6.20. The molecule has 1 amide bonds. The molecular formula is C30H26IN3O5S. The minimum Gasteiger partial charge on any atom is -0.504 e. The molecule has 1 atom stereocenters. The maximum atomic E-state index is 13.9. The monoisotopic (exact) mass is 667 g/mol. The lowest BCUT2D eigenvalue weighted by Gasteiger charge is -2.25. The van der Waals surface area contributed by atoms with Crippen molar-refractivity contribution in [1.29, 1.82) is 0 Å². The second-order valence-corrected chi connectivity index (χ2v) is 11.1. The number of carbonyl (C=O) groups excluding carboxylic acids is 1. The van der Waals surface area contributed by atoms with Crippen molar-refractivity contribution in [3.8, 4) is 17.2 Å². The zero-order valence-electron chi connectivity index (χ0n) is 22.0. The maximum absolute atomic E-state index is 13.9. The molecule has 1 aliphatic heterocycles. The first-order chi connectivity index (χ1) is 19.3. The van der Waals surface area contributed by atoms with Crippen LogP contribution in [0.25, 0.3) is 6.08 Å². The molecule has 0 radical (unpaired) electrons. The topological polar surface area (TPSA) is 102 Å². The highest BCUT2D eigenvalue weighted by molar-refractivity contribution is 14.1. The van der Waals surface area contributed by atoms with Gasteiger partial charge in [-0.2, -0.15) is 0 Å². The van der Waals surface area contributed by atoms with Gasteiger partial charge in [0.2, 0.25) is 0 Å². The number of benzene rings is 3. The van der Waals surface area contributed by atoms with Gasteiger partial charge in [0.25, 0.3) is 11.5 Å². The van der Waals surface area contributed by atoms with Crippen LogP contribution in [-0.4, -0.2) is 29.3 Å². The fourth-order valence-electron chi connectivity index (χ4n) is 4.53. The second kappa shape index (κ2) is 11.7. The summed E-state index contributed by atoms with van der Waals surface area (Å²) < 4.78 is 13.5. The first kappa shape index (κ1) is 27.7. The highest BCUT2D eigenvalue weighted by atomic mass is 127. The van der Waals surface area contributed by atoms with Gasteiger partial charge in [-0.3, -0.25) is 14.2 Å². The third kappa shape index (κ3) is 5.41. The van der Waals surface area contributed by atoms with Gasteiger partial charge >= 0.3 is 0 Å². The Hall–Kier alpha value is -3.90. The van der Waals surface area contributed by atoms with Crippen molar-refractivity contribution >= 4 is 51.6 Å². The van der Waals surface area contributed by atoms with E-state index in [9.17, 15) is 14.7 Å². The Kier molecular flexibility index (Phi) is 8.08. The molecule has 0 saturated heterocycles. The predicted octanol–water partition coefficient (Wildman–Crippen LogP) is 4.59. The van der Waals surface area contributed by atoms with Crippen molar-refractivity contribution in [3.05, 3.63) is 112 Å². The molecular weight excluding hydrogens is 641 g/mol. The molecule has 0 bridgehead atoms. The molecule has 204 valence electrons. The van der Waals surface area contributed by atoms with Gasteiger partial charge < -0.3 is 19.9 Å². The van der Waals surface area contributed by atoms with E-state index in [1.54, 1.807) is 61.1 Å². The summed E-state index contributed by atoms with van der Waals surface area (Å²) in [5.74, 6) is 0.738. The number of rotatable bonds is 7. The van der Waals surface area contributed by atoms with E-state index in [-0.39, 0.29) is 17.2 Å². The Morgan fingerprint density at radius 3 is 2.58 bits per heavy atom. The number of aromatic hydroxyl groups is 1. The molecule has 10 heteroatoms. The van der Waals surface area contributed by atoms with Crippen LogP contribution in [0.15, 0.2) is 87.8 Å². The van der Waals surface area contributed by atoms with Gasteiger partial charge in [-0.1, -0.05) is 41.7 Å². The molecule has 1 aliphatic rings. The van der Waals surface area contributed by atoms with Crippen molar-refractivity contribution in [3.63, 3.8) is 0 Å². The Labute approximate surface area is 248 Å². The second-order valence-electron chi connectivity index (χ2n) is 8.96. The summed E-state index contributed by atoms with van der Waals surface area (Å²) in [5, 5.41) is 13.3. The summed E-state index contributed by atoms with van der Waals surface area (Å²) in [5.41, 5.74) is 2.73. The minimum absolute atomic E-state index is 0.0604. The van der Waals surface area contributed by atoms with Gasteiger partial charge in [0, 0.05) is 5.69 Å². The van der Waals surface area contributed by atoms with Gasteiger partial charge in [0.05, 0.1) is 39.1 Å². The third-order valence-electron chi connectivity index (χ3n) is 6.38. The standard InChI is InChI=1S/C30H26IN3O5S/c1-4-39-23-15-18(14-22(31)27(23)35)16-24-29(37)34-26(19-10-12-21(38-3)13-11-19)25(17(2)32-30(34)40-24)28(36)33-20-8-6-5-7-9-20/h5-16,26,35H,4H2,1-3H3,(H,33,36)/b24-16+/t26-/m0/s1. The number of methoxy groups -OCH3 is 1. The van der Waals surface area contributed by atoms with Gasteiger partial charge in [-0.15, -0.1) is 0 Å². The van der Waals surface area contributed by atoms with E-state index >= 15 is 0 Å². The highest BCUT2D eigenvalue weighted by Crippen LogP contribution is 2.34. The number of amides is 1. The molecule has 0 unspecified atom stereocenters. The van der Waals surface area contributed by atoms with Crippen LogP contribution in [0.3, 0.4) is 0 Å². The van der Waals surface area contributed by atoms with Crippen LogP contribution in [-0.2, 0) is 4.79 Å². The predicted molar refractivity (Wildman–Crippen MR) is 164 cm³/mol. The number of para-hydroxylation sites is 1. The molecule has 8 nitrogen and oxygen atoms in total. The zero-order chi connectivity index (χ0) is 28.4. The number of halogens is 1. The van der Waals surface area contributed by atoms with E-state index < -0.39 is 6.04 Å². The lowest BCUT2D eigenvalue weighted by molar-refractivity contribution is -0.113. The number of allylic oxidation sites excluding steroid dienone is 1. The molecule has 2 heterocycles. The number of fused-ring (bicyclic) bond motifs is 1. The quantitative estimate of drug-likeness (QED) is 0.281. The number of thiazole rings is 1. The molecule has 0 spiro atoms. The Bertz CT molecular complexity index is 1790. The number of nitrogens with one attached hydrogen (secondary N) is 1. The van der Waals surface area contributed by atoms with E-state index in [4.69, 9.17) is 14.5 Å². The van der Waals surface area contributed by atoms with Gasteiger partial charge in [0.1, 0.15) is 5.75 Å². The summed E-state index contributed by atoms with van der Waals surface area (Å²) in [6, 6.07) is 19.3. The largest absolute Gasteiger partial charge is 0.504 e. The first-order valence-electron chi connectivity index (χ1n) is 12.5. The van der Waals surface area contributed by atoms with Crippen LogP contribution >= 0.6 is 33.9 Å². The van der Waals surface area contributed by atoms with Crippen LogP contribution in [0.4, 0.5) is 5.69 Å². The number of aromatic nitrogens is 1. The average molecular weight is 668 g/mol. The van der Waals surface area contributed by atoms with Crippen molar-refractivity contribution in [2.24, 2.45) is 4.99 Å². The van der Waals surface area contributed by atoms with Crippen molar-refractivity contribution in [2.45, 2.75) is 19.9 Å². The number of hydrogen-bond donors (Lipinski definition) is 2. The van der Waals surface area contributed by atoms with Gasteiger partial charge in [0.15, 0.2) is 16.3 Å². The Morgan fingerprint density at radius 2 is 1.90 bits per heavy atom. The van der Waals surface area contributed by atoms with Gasteiger partial charge in [-0.05, 0) is 90.0 Å². The number of nitrogens with zero attached hydrogens (tertiary/aromatic N) is 2. The molecule has 4 aromatic rings. The molecule has 1 aromatic heterocycles. The number of ether oxygens (including phenoxy) is 2. The summed E-state index contributed by atoms with van der Waals surface area (Å²) >= 11 is 3.28. The van der Waals surface area contributed by atoms with Crippen molar-refractivity contribution < 1.29 is 19.4 Å². The normalized spacial score (nSPS) is 14.9. The molecule has 40 heavy (non-hydrogen) atoms. The Balaban J connectivity index is 1.67. The number of carbonyl (C=O) groups is 1. The zero-order valence-corrected chi connectivity index (χ0v) is 24.9. The summed E-state index contributed by atoms with van der Waals surface area (Å²) in [4.78, 5) is 32.8. The van der Waals surface area contributed by atoms with Crippen molar-refractivity contribution in [1.82, 2.24) is 4.57 Å². The van der Waals surface area contributed by atoms with E-state index in [0.717, 1.165) is 5.56 Å². The SMILES string of the molecule is CCOc1cc(/C=c2/sc3n(c2=O)[C@@H](c2ccc(OC)cc2)C(C(=O)Nc2ccccc2)=C(C)N=3)cc(I)c1O. The number of anilines is 1. The molecule has 5 rings (SSSR count). The minimum atomic E-state index is -0.702. The lowest BCUT2D eigenvalue weighted by Crippen LogP contribution is -2.40. The van der Waals surface area contributed by atoms with Crippen LogP contribution in [0.2, 0.25) is 0 Å². The maximum Gasteiger partial charge on any atom is 0.271 e. The average Bonchev–Trinajstić information content (AvgIpc) is 3.25. The van der Waals surface area contributed by atoms with Crippen LogP contribution < -0.4 is 29.7 Å².